The molecule has 0 saturated heterocycles. The van der Waals surface area contributed by atoms with Crippen molar-refractivity contribution in [2.45, 2.75) is 0 Å². The van der Waals surface area contributed by atoms with Gasteiger partial charge in [-0.2, -0.15) is 9.61 Å². The van der Waals surface area contributed by atoms with Gasteiger partial charge in [-0.3, -0.25) is 0 Å². The van der Waals surface area contributed by atoms with E-state index in [9.17, 15) is 0 Å². The van der Waals surface area contributed by atoms with Crippen LogP contribution in [0, 0.1) is 0 Å². The number of benzene rings is 1. The van der Waals surface area contributed by atoms with Crippen LogP contribution in [0.15, 0.2) is 47.1 Å². The van der Waals surface area contributed by atoms with Crippen LogP contribution >= 0.6 is 15.9 Å². The second-order valence-corrected chi connectivity index (χ2v) is 4.51. The van der Waals surface area contributed by atoms with E-state index in [1.807, 2.05) is 36.4 Å². The van der Waals surface area contributed by atoms with Gasteiger partial charge in [0.15, 0.2) is 0 Å². The molecule has 0 atom stereocenters. The molecule has 0 aliphatic heterocycles. The quantitative estimate of drug-likeness (QED) is 0.749. The number of aromatic nitrogens is 3. The highest BCUT2D eigenvalue weighted by atomic mass is 79.9. The average Bonchev–Trinajstić information content (AvgIpc) is 2.73. The van der Waals surface area contributed by atoms with Crippen LogP contribution in [0.4, 0.5) is 5.95 Å². The Labute approximate surface area is 106 Å². The highest BCUT2D eigenvalue weighted by molar-refractivity contribution is 9.10. The van der Waals surface area contributed by atoms with E-state index in [4.69, 9.17) is 5.73 Å². The normalized spacial score (nSPS) is 10.9. The van der Waals surface area contributed by atoms with Gasteiger partial charge in [0, 0.05) is 5.56 Å². The molecule has 2 heterocycles. The van der Waals surface area contributed by atoms with Crippen LogP contribution in [0.2, 0.25) is 0 Å². The van der Waals surface area contributed by atoms with E-state index >= 15 is 0 Å². The van der Waals surface area contributed by atoms with Crippen molar-refractivity contribution in [3.63, 3.8) is 0 Å². The minimum absolute atomic E-state index is 0.382. The van der Waals surface area contributed by atoms with Gasteiger partial charge < -0.3 is 5.73 Å². The van der Waals surface area contributed by atoms with Gasteiger partial charge in [0.2, 0.25) is 5.95 Å². The second kappa shape index (κ2) is 3.85. The zero-order valence-electron chi connectivity index (χ0n) is 8.84. The summed E-state index contributed by atoms with van der Waals surface area (Å²) < 4.78 is 2.51. The number of fused-ring (bicyclic) bond motifs is 1. The van der Waals surface area contributed by atoms with Gasteiger partial charge in [0.05, 0.1) is 21.9 Å². The van der Waals surface area contributed by atoms with Crippen molar-refractivity contribution in [3.8, 4) is 11.3 Å². The Bertz CT molecular complexity index is 676. The molecule has 0 radical (unpaired) electrons. The SMILES string of the molecule is Nc1nc(-c2ccccc2)cc2c(Br)cnn12. The van der Waals surface area contributed by atoms with Crippen molar-refractivity contribution in [2.75, 3.05) is 5.73 Å². The lowest BCUT2D eigenvalue weighted by Crippen LogP contribution is -2.02. The maximum absolute atomic E-state index is 5.88. The smallest absolute Gasteiger partial charge is 0.222 e. The molecule has 1 aromatic carbocycles. The molecule has 0 fully saturated rings. The molecule has 17 heavy (non-hydrogen) atoms. The van der Waals surface area contributed by atoms with Crippen LogP contribution < -0.4 is 5.73 Å². The molecule has 5 heteroatoms. The first-order valence-electron chi connectivity index (χ1n) is 5.11. The van der Waals surface area contributed by atoms with Crippen molar-refractivity contribution < 1.29 is 0 Å². The molecule has 0 amide bonds. The molecule has 0 aliphatic carbocycles. The highest BCUT2D eigenvalue weighted by Crippen LogP contribution is 2.24. The van der Waals surface area contributed by atoms with E-state index in [0.717, 1.165) is 21.2 Å². The first-order valence-corrected chi connectivity index (χ1v) is 5.90. The Morgan fingerprint density at radius 3 is 2.71 bits per heavy atom. The predicted octanol–water partition coefficient (Wildman–Crippen LogP) is 2.74. The molecule has 2 N–H and O–H groups in total. The fourth-order valence-corrected chi connectivity index (χ4v) is 2.11. The minimum atomic E-state index is 0.382. The molecule has 2 aromatic heterocycles. The molecule has 3 rings (SSSR count). The van der Waals surface area contributed by atoms with Gasteiger partial charge >= 0.3 is 0 Å². The lowest BCUT2D eigenvalue weighted by Gasteiger charge is -2.04. The van der Waals surface area contributed by atoms with E-state index in [2.05, 4.69) is 26.0 Å². The van der Waals surface area contributed by atoms with Crippen LogP contribution in [0.3, 0.4) is 0 Å². The third-order valence-electron chi connectivity index (χ3n) is 2.55. The molecule has 84 valence electrons. The van der Waals surface area contributed by atoms with Crippen molar-refractivity contribution in [2.24, 2.45) is 0 Å². The number of rotatable bonds is 1. The van der Waals surface area contributed by atoms with Gasteiger partial charge in [-0.1, -0.05) is 30.3 Å². The molecule has 0 unspecified atom stereocenters. The topological polar surface area (TPSA) is 56.2 Å². The summed E-state index contributed by atoms with van der Waals surface area (Å²) >= 11 is 3.44. The summed E-state index contributed by atoms with van der Waals surface area (Å²) in [7, 11) is 0. The third-order valence-corrected chi connectivity index (χ3v) is 3.17. The number of halogens is 1. The van der Waals surface area contributed by atoms with Crippen LogP contribution in [-0.2, 0) is 0 Å². The largest absolute Gasteiger partial charge is 0.368 e. The van der Waals surface area contributed by atoms with Crippen molar-refractivity contribution >= 4 is 27.4 Å². The maximum atomic E-state index is 5.88. The van der Waals surface area contributed by atoms with E-state index in [-0.39, 0.29) is 0 Å². The number of hydrogen-bond donors (Lipinski definition) is 1. The second-order valence-electron chi connectivity index (χ2n) is 3.66. The van der Waals surface area contributed by atoms with Gasteiger partial charge in [-0.25, -0.2) is 4.98 Å². The Morgan fingerprint density at radius 1 is 1.18 bits per heavy atom. The van der Waals surface area contributed by atoms with E-state index < -0.39 is 0 Å². The molecular weight excluding hydrogens is 280 g/mol. The van der Waals surface area contributed by atoms with Crippen LogP contribution in [0.5, 0.6) is 0 Å². The van der Waals surface area contributed by atoms with Gasteiger partial charge in [-0.15, -0.1) is 0 Å². The first-order chi connectivity index (χ1) is 8.25. The first kappa shape index (κ1) is 10.3. The monoisotopic (exact) mass is 288 g/mol. The third kappa shape index (κ3) is 1.68. The van der Waals surface area contributed by atoms with Gasteiger partial charge in [0.25, 0.3) is 0 Å². The number of nitrogen functional groups attached to an aromatic ring is 1. The van der Waals surface area contributed by atoms with E-state index in [1.54, 1.807) is 10.7 Å². The summed E-state index contributed by atoms with van der Waals surface area (Å²) in [5, 5.41) is 4.13. The summed E-state index contributed by atoms with van der Waals surface area (Å²) in [6.07, 6.45) is 1.71. The number of hydrogen-bond acceptors (Lipinski definition) is 3. The molecule has 0 bridgehead atoms. The Morgan fingerprint density at radius 2 is 1.94 bits per heavy atom. The number of anilines is 1. The summed E-state index contributed by atoms with van der Waals surface area (Å²) in [5.74, 6) is 0.382. The van der Waals surface area contributed by atoms with Crippen LogP contribution in [-0.4, -0.2) is 14.6 Å². The van der Waals surface area contributed by atoms with Gasteiger partial charge in [0.1, 0.15) is 0 Å². The van der Waals surface area contributed by atoms with E-state index in [1.165, 1.54) is 0 Å². The fourth-order valence-electron chi connectivity index (χ4n) is 1.74. The summed E-state index contributed by atoms with van der Waals surface area (Å²) in [4.78, 5) is 4.34. The van der Waals surface area contributed by atoms with Crippen molar-refractivity contribution in [1.29, 1.82) is 0 Å². The summed E-state index contributed by atoms with van der Waals surface area (Å²) in [6, 6.07) is 11.9. The molecule has 3 aromatic rings. The molecule has 0 saturated carbocycles. The Kier molecular flexibility index (Phi) is 2.33. The number of nitrogens with zero attached hydrogens (tertiary/aromatic N) is 3. The average molecular weight is 289 g/mol. The number of nitrogens with two attached hydrogens (primary N) is 1. The zero-order valence-corrected chi connectivity index (χ0v) is 10.4. The molecule has 0 spiro atoms. The Balaban J connectivity index is 2.28. The minimum Gasteiger partial charge on any atom is -0.368 e. The summed E-state index contributed by atoms with van der Waals surface area (Å²) in [5.41, 5.74) is 8.67. The van der Waals surface area contributed by atoms with Crippen LogP contribution in [0.25, 0.3) is 16.8 Å². The molecule has 4 nitrogen and oxygen atoms in total. The van der Waals surface area contributed by atoms with E-state index in [0.29, 0.717) is 5.95 Å². The van der Waals surface area contributed by atoms with Crippen molar-refractivity contribution in [3.05, 3.63) is 47.1 Å². The highest BCUT2D eigenvalue weighted by Gasteiger charge is 2.08. The zero-order chi connectivity index (χ0) is 11.8. The molecule has 0 aliphatic rings. The predicted molar refractivity (Wildman–Crippen MR) is 70.5 cm³/mol. The Hall–Kier alpha value is -1.88. The fraction of sp³-hybridized carbons (Fsp3) is 0. The van der Waals surface area contributed by atoms with Crippen LogP contribution in [0.1, 0.15) is 0 Å². The van der Waals surface area contributed by atoms with Crippen molar-refractivity contribution in [1.82, 2.24) is 14.6 Å². The lowest BCUT2D eigenvalue weighted by atomic mass is 10.1. The molecular formula is C12H9BrN4. The van der Waals surface area contributed by atoms with Gasteiger partial charge in [-0.05, 0) is 22.0 Å². The lowest BCUT2D eigenvalue weighted by molar-refractivity contribution is 0.941. The summed E-state index contributed by atoms with van der Waals surface area (Å²) in [6.45, 7) is 0. The maximum Gasteiger partial charge on any atom is 0.222 e. The standard InChI is InChI=1S/C12H9BrN4/c13-9-7-15-17-11(9)6-10(16-12(17)14)8-4-2-1-3-5-8/h1-7H,(H2,14,16).